The number of amides is 1. The Labute approximate surface area is 117 Å². The van der Waals surface area contributed by atoms with Gasteiger partial charge in [-0.25, -0.2) is 0 Å². The first kappa shape index (κ1) is 17.2. The molecule has 0 atom stereocenters. The van der Waals surface area contributed by atoms with Crippen molar-refractivity contribution < 1.29 is 4.79 Å². The first-order valence-electron chi connectivity index (χ1n) is 5.50. The van der Waals surface area contributed by atoms with Gasteiger partial charge < -0.3 is 15.6 Å². The number of nitrogens with zero attached hydrogens (tertiary/aromatic N) is 1. The van der Waals surface area contributed by atoms with Gasteiger partial charge in [0.15, 0.2) is 0 Å². The molecule has 0 aliphatic rings. The summed E-state index contributed by atoms with van der Waals surface area (Å²) < 4.78 is 1.61. The van der Waals surface area contributed by atoms with E-state index in [9.17, 15) is 9.59 Å². The Morgan fingerprint density at radius 3 is 2.61 bits per heavy atom. The van der Waals surface area contributed by atoms with Crippen LogP contribution in [0.1, 0.15) is 26.0 Å². The fourth-order valence-corrected chi connectivity index (χ4v) is 2.06. The van der Waals surface area contributed by atoms with E-state index in [1.165, 1.54) is 0 Å². The normalized spacial score (nSPS) is 10.9. The van der Waals surface area contributed by atoms with Crippen LogP contribution in [0, 0.1) is 6.92 Å². The molecule has 0 saturated carbocycles. The topological polar surface area (TPSA) is 77.1 Å². The van der Waals surface area contributed by atoms with E-state index < -0.39 is 5.54 Å². The quantitative estimate of drug-likeness (QED) is 0.846. The molecule has 0 aromatic carbocycles. The molecule has 1 aromatic heterocycles. The Morgan fingerprint density at radius 2 is 2.17 bits per heavy atom. The third-order valence-corrected chi connectivity index (χ3v) is 3.16. The number of carbonyl (C=O) groups is 1. The average molecular weight is 294 g/mol. The SMILES string of the molecule is Cc1csc(=O)n1CCC(=O)NCC(C)(C)N.Cl. The molecule has 104 valence electrons. The number of hydrogen-bond acceptors (Lipinski definition) is 4. The van der Waals surface area contributed by atoms with Gasteiger partial charge >= 0.3 is 4.87 Å². The molecule has 1 rings (SSSR count). The zero-order valence-electron chi connectivity index (χ0n) is 10.9. The van der Waals surface area contributed by atoms with Crippen molar-refractivity contribution in [3.05, 3.63) is 20.7 Å². The summed E-state index contributed by atoms with van der Waals surface area (Å²) in [7, 11) is 0. The molecule has 3 N–H and O–H groups in total. The molecule has 0 fully saturated rings. The maximum Gasteiger partial charge on any atom is 0.307 e. The third-order valence-electron chi connectivity index (χ3n) is 2.28. The predicted octanol–water partition coefficient (Wildman–Crippen LogP) is 0.884. The fraction of sp³-hybridized carbons (Fsp3) is 0.636. The van der Waals surface area contributed by atoms with E-state index in [2.05, 4.69) is 5.32 Å². The molecular weight excluding hydrogens is 274 g/mol. The first-order chi connectivity index (χ1) is 7.79. The van der Waals surface area contributed by atoms with Crippen molar-refractivity contribution in [2.45, 2.75) is 39.3 Å². The van der Waals surface area contributed by atoms with Gasteiger partial charge in [0.1, 0.15) is 0 Å². The Kier molecular flexibility index (Phi) is 6.59. The second-order valence-corrected chi connectivity index (χ2v) is 5.63. The zero-order valence-corrected chi connectivity index (χ0v) is 12.5. The van der Waals surface area contributed by atoms with Crippen LogP contribution in [0.3, 0.4) is 0 Å². The lowest BCUT2D eigenvalue weighted by molar-refractivity contribution is -0.121. The molecule has 0 bridgehead atoms. The van der Waals surface area contributed by atoms with Crippen molar-refractivity contribution in [3.8, 4) is 0 Å². The first-order valence-corrected chi connectivity index (χ1v) is 6.38. The minimum Gasteiger partial charge on any atom is -0.354 e. The minimum atomic E-state index is -0.412. The van der Waals surface area contributed by atoms with E-state index in [0.717, 1.165) is 17.0 Å². The van der Waals surface area contributed by atoms with Crippen LogP contribution in [0.5, 0.6) is 0 Å². The van der Waals surface area contributed by atoms with Crippen molar-refractivity contribution in [1.29, 1.82) is 0 Å². The predicted molar refractivity (Wildman–Crippen MR) is 76.5 cm³/mol. The maximum absolute atomic E-state index is 11.5. The summed E-state index contributed by atoms with van der Waals surface area (Å²) in [5, 5.41) is 4.54. The summed E-state index contributed by atoms with van der Waals surface area (Å²) in [6.07, 6.45) is 0.299. The summed E-state index contributed by atoms with van der Waals surface area (Å²) in [5.41, 5.74) is 6.24. The van der Waals surface area contributed by atoms with Crippen molar-refractivity contribution >= 4 is 29.7 Å². The molecule has 0 radical (unpaired) electrons. The van der Waals surface area contributed by atoms with Crippen LogP contribution >= 0.6 is 23.7 Å². The Morgan fingerprint density at radius 1 is 1.56 bits per heavy atom. The van der Waals surface area contributed by atoms with Gasteiger partial charge in [0.25, 0.3) is 0 Å². The maximum atomic E-state index is 11.5. The van der Waals surface area contributed by atoms with E-state index in [4.69, 9.17) is 5.73 Å². The highest BCUT2D eigenvalue weighted by Gasteiger charge is 2.12. The second-order valence-electron chi connectivity index (χ2n) is 4.81. The van der Waals surface area contributed by atoms with Crippen molar-refractivity contribution in [3.63, 3.8) is 0 Å². The standard InChI is InChI=1S/C11H19N3O2S.ClH/c1-8-6-17-10(16)14(8)5-4-9(15)13-7-11(2,3)12;/h6H,4-5,7,12H2,1-3H3,(H,13,15);1H. The summed E-state index contributed by atoms with van der Waals surface area (Å²) in [6.45, 7) is 6.41. The van der Waals surface area contributed by atoms with Gasteiger partial charge in [0.05, 0.1) is 0 Å². The van der Waals surface area contributed by atoms with E-state index in [1.807, 2.05) is 20.8 Å². The van der Waals surface area contributed by atoms with Crippen LogP contribution < -0.4 is 15.9 Å². The molecule has 18 heavy (non-hydrogen) atoms. The molecule has 5 nitrogen and oxygen atoms in total. The van der Waals surface area contributed by atoms with E-state index >= 15 is 0 Å². The van der Waals surface area contributed by atoms with Crippen LogP contribution in [0.15, 0.2) is 10.2 Å². The van der Waals surface area contributed by atoms with E-state index in [-0.39, 0.29) is 23.2 Å². The summed E-state index contributed by atoms with van der Waals surface area (Å²) in [5.74, 6) is -0.0824. The number of aryl methyl sites for hydroxylation is 1. The zero-order chi connectivity index (χ0) is 13.1. The van der Waals surface area contributed by atoms with Gasteiger partial charge in [0, 0.05) is 36.1 Å². The number of thiazole rings is 1. The molecule has 0 aliphatic carbocycles. The molecule has 0 saturated heterocycles. The molecule has 1 heterocycles. The van der Waals surface area contributed by atoms with Gasteiger partial charge in [0.2, 0.25) is 5.91 Å². The van der Waals surface area contributed by atoms with Crippen molar-refractivity contribution in [1.82, 2.24) is 9.88 Å². The summed E-state index contributed by atoms with van der Waals surface area (Å²) >= 11 is 1.16. The Bertz CT molecular complexity index is 448. The van der Waals surface area contributed by atoms with Crippen molar-refractivity contribution in [2.24, 2.45) is 5.73 Å². The van der Waals surface area contributed by atoms with Gasteiger partial charge in [-0.15, -0.1) is 12.4 Å². The van der Waals surface area contributed by atoms with Crippen LogP contribution in [0.25, 0.3) is 0 Å². The van der Waals surface area contributed by atoms with Gasteiger partial charge in [-0.1, -0.05) is 11.3 Å². The lowest BCUT2D eigenvalue weighted by Crippen LogP contribution is -2.45. The van der Waals surface area contributed by atoms with Crippen LogP contribution in [-0.2, 0) is 11.3 Å². The number of aromatic nitrogens is 1. The summed E-state index contributed by atoms with van der Waals surface area (Å²) in [6, 6.07) is 0. The Hall–Kier alpha value is -0.850. The van der Waals surface area contributed by atoms with Crippen LogP contribution in [-0.4, -0.2) is 22.6 Å². The highest BCUT2D eigenvalue weighted by molar-refractivity contribution is 7.07. The lowest BCUT2D eigenvalue weighted by atomic mass is 10.1. The summed E-state index contributed by atoms with van der Waals surface area (Å²) in [4.78, 5) is 22.9. The smallest absolute Gasteiger partial charge is 0.307 e. The molecule has 0 aliphatic heterocycles. The van der Waals surface area contributed by atoms with E-state index in [0.29, 0.717) is 19.5 Å². The number of nitrogens with one attached hydrogen (secondary N) is 1. The third kappa shape index (κ3) is 5.66. The lowest BCUT2D eigenvalue weighted by Gasteiger charge is -2.18. The van der Waals surface area contributed by atoms with Crippen LogP contribution in [0.2, 0.25) is 0 Å². The number of halogens is 1. The number of hydrogen-bond donors (Lipinski definition) is 2. The number of rotatable bonds is 5. The molecule has 0 unspecified atom stereocenters. The largest absolute Gasteiger partial charge is 0.354 e. The average Bonchev–Trinajstić information content (AvgIpc) is 2.52. The Balaban J connectivity index is 0.00000289. The van der Waals surface area contributed by atoms with Gasteiger partial charge in [-0.05, 0) is 20.8 Å². The van der Waals surface area contributed by atoms with Crippen LogP contribution in [0.4, 0.5) is 0 Å². The molecule has 1 aromatic rings. The highest BCUT2D eigenvalue weighted by atomic mass is 35.5. The molecule has 0 spiro atoms. The number of nitrogens with two attached hydrogens (primary N) is 1. The second kappa shape index (κ2) is 6.92. The van der Waals surface area contributed by atoms with E-state index in [1.54, 1.807) is 9.95 Å². The number of carbonyl (C=O) groups excluding carboxylic acids is 1. The van der Waals surface area contributed by atoms with Crippen molar-refractivity contribution in [2.75, 3.05) is 6.54 Å². The monoisotopic (exact) mass is 293 g/mol. The minimum absolute atomic E-state index is 0. The molecule has 1 amide bonds. The highest BCUT2D eigenvalue weighted by Crippen LogP contribution is 2.01. The van der Waals surface area contributed by atoms with Gasteiger partial charge in [-0.3, -0.25) is 9.59 Å². The van der Waals surface area contributed by atoms with Gasteiger partial charge in [-0.2, -0.15) is 0 Å². The fourth-order valence-electron chi connectivity index (χ4n) is 1.30. The molecular formula is C11H20ClN3O2S. The molecule has 7 heteroatoms.